The molecule has 1 aromatic rings. The van der Waals surface area contributed by atoms with Crippen LogP contribution in [0.4, 0.5) is 18.9 Å². The van der Waals surface area contributed by atoms with E-state index in [0.717, 1.165) is 5.01 Å². The number of hydrogen-bond acceptors (Lipinski definition) is 4. The highest BCUT2D eigenvalue weighted by Crippen LogP contribution is 2.25. The summed E-state index contributed by atoms with van der Waals surface area (Å²) in [5, 5.41) is 4.89. The number of hydrazone groups is 1. The third kappa shape index (κ3) is 3.39. The Morgan fingerprint density at radius 3 is 2.52 bits per heavy atom. The van der Waals surface area contributed by atoms with Gasteiger partial charge in [-0.1, -0.05) is 18.2 Å². The number of alkyl halides is 3. The van der Waals surface area contributed by atoms with E-state index in [0.29, 0.717) is 5.69 Å². The van der Waals surface area contributed by atoms with Gasteiger partial charge in [0.15, 0.2) is 12.5 Å². The number of carbonyl (C=O) groups excluding carboxylic acids is 2. The van der Waals surface area contributed by atoms with E-state index in [1.54, 1.807) is 30.3 Å². The normalized spacial score (nSPS) is 18.7. The molecule has 1 heterocycles. The SMILES string of the molecule is CC1=NN(c2ccccc2)C(=O)C1C(=O)OCC(F)(F)F. The van der Waals surface area contributed by atoms with Crippen molar-refractivity contribution in [2.45, 2.75) is 13.1 Å². The van der Waals surface area contributed by atoms with Crippen molar-refractivity contribution in [2.75, 3.05) is 11.6 Å². The molecule has 0 aromatic heterocycles. The summed E-state index contributed by atoms with van der Waals surface area (Å²) in [6.45, 7) is -0.339. The van der Waals surface area contributed by atoms with Gasteiger partial charge in [-0.3, -0.25) is 9.59 Å². The van der Waals surface area contributed by atoms with Crippen molar-refractivity contribution in [3.05, 3.63) is 30.3 Å². The molecule has 0 aliphatic carbocycles. The zero-order chi connectivity index (χ0) is 15.6. The molecule has 0 fully saturated rings. The monoisotopic (exact) mass is 300 g/mol. The smallest absolute Gasteiger partial charge is 0.422 e. The molecule has 1 aromatic carbocycles. The van der Waals surface area contributed by atoms with Crippen molar-refractivity contribution in [1.29, 1.82) is 0 Å². The standard InChI is InChI=1S/C13H11F3N2O3/c1-8-10(12(20)21-7-13(14,15)16)11(19)18(17-8)9-5-3-2-4-6-9/h2-6,10H,7H2,1H3. The number of hydrogen-bond donors (Lipinski definition) is 0. The molecule has 1 aliphatic rings. The second-order valence-corrected chi connectivity index (χ2v) is 4.38. The van der Waals surface area contributed by atoms with Gasteiger partial charge in [-0.2, -0.15) is 23.3 Å². The van der Waals surface area contributed by atoms with Crippen molar-refractivity contribution < 1.29 is 27.5 Å². The van der Waals surface area contributed by atoms with Gasteiger partial charge in [0, 0.05) is 0 Å². The fourth-order valence-corrected chi connectivity index (χ4v) is 1.83. The molecule has 0 bridgehead atoms. The van der Waals surface area contributed by atoms with Gasteiger partial charge in [0.05, 0.1) is 11.4 Å². The Balaban J connectivity index is 2.12. The van der Waals surface area contributed by atoms with Crippen LogP contribution in [0.5, 0.6) is 0 Å². The Bertz CT molecular complexity index is 584. The predicted octanol–water partition coefficient (Wildman–Crippen LogP) is 2.13. The highest BCUT2D eigenvalue weighted by Gasteiger charge is 2.42. The summed E-state index contributed by atoms with van der Waals surface area (Å²) >= 11 is 0. The number of halogens is 3. The first-order valence-electron chi connectivity index (χ1n) is 5.97. The van der Waals surface area contributed by atoms with E-state index in [1.165, 1.54) is 6.92 Å². The van der Waals surface area contributed by atoms with Crippen LogP contribution in [-0.4, -0.2) is 30.4 Å². The molecular weight excluding hydrogens is 289 g/mol. The lowest BCUT2D eigenvalue weighted by Crippen LogP contribution is -2.35. The van der Waals surface area contributed by atoms with Crippen LogP contribution in [0.3, 0.4) is 0 Å². The van der Waals surface area contributed by atoms with Crippen LogP contribution in [0, 0.1) is 5.92 Å². The highest BCUT2D eigenvalue weighted by molar-refractivity contribution is 6.25. The van der Waals surface area contributed by atoms with E-state index in [-0.39, 0.29) is 5.71 Å². The van der Waals surface area contributed by atoms with Gasteiger partial charge >= 0.3 is 12.1 Å². The van der Waals surface area contributed by atoms with Gasteiger partial charge < -0.3 is 4.74 Å². The summed E-state index contributed by atoms with van der Waals surface area (Å²) in [5.74, 6) is -3.42. The minimum atomic E-state index is -4.64. The first-order valence-corrected chi connectivity index (χ1v) is 5.97. The van der Waals surface area contributed by atoms with E-state index >= 15 is 0 Å². The van der Waals surface area contributed by atoms with E-state index in [9.17, 15) is 22.8 Å². The van der Waals surface area contributed by atoms with Gasteiger partial charge in [-0.05, 0) is 19.1 Å². The second-order valence-electron chi connectivity index (χ2n) is 4.38. The zero-order valence-electron chi connectivity index (χ0n) is 10.9. The largest absolute Gasteiger partial charge is 0.455 e. The van der Waals surface area contributed by atoms with Crippen LogP contribution >= 0.6 is 0 Å². The fourth-order valence-electron chi connectivity index (χ4n) is 1.83. The molecule has 5 nitrogen and oxygen atoms in total. The summed E-state index contributed by atoms with van der Waals surface area (Å²) < 4.78 is 40.2. The maximum absolute atomic E-state index is 12.1. The average Bonchev–Trinajstić information content (AvgIpc) is 2.72. The lowest BCUT2D eigenvalue weighted by atomic mass is 10.1. The first-order chi connectivity index (χ1) is 9.79. The maximum atomic E-state index is 12.1. The van der Waals surface area contributed by atoms with Gasteiger partial charge in [-0.25, -0.2) is 0 Å². The van der Waals surface area contributed by atoms with Crippen LogP contribution in [0.1, 0.15) is 6.92 Å². The summed E-state index contributed by atoms with van der Waals surface area (Å²) in [7, 11) is 0. The molecule has 1 amide bonds. The van der Waals surface area contributed by atoms with E-state index in [2.05, 4.69) is 9.84 Å². The van der Waals surface area contributed by atoms with Crippen molar-refractivity contribution in [2.24, 2.45) is 11.0 Å². The number of rotatable bonds is 3. The number of amides is 1. The quantitative estimate of drug-likeness (QED) is 0.634. The number of anilines is 1. The topological polar surface area (TPSA) is 59.0 Å². The van der Waals surface area contributed by atoms with Gasteiger partial charge in [-0.15, -0.1) is 0 Å². The molecule has 1 unspecified atom stereocenters. The lowest BCUT2D eigenvalue weighted by Gasteiger charge is -2.14. The van der Waals surface area contributed by atoms with Gasteiger partial charge in [0.1, 0.15) is 0 Å². The van der Waals surface area contributed by atoms with Crippen molar-refractivity contribution >= 4 is 23.3 Å². The number of para-hydroxylation sites is 1. The van der Waals surface area contributed by atoms with Crippen LogP contribution in [0.2, 0.25) is 0 Å². The summed E-state index contributed by atoms with van der Waals surface area (Å²) in [6.07, 6.45) is -4.64. The first kappa shape index (κ1) is 15.0. The molecule has 1 aliphatic heterocycles. The number of esters is 1. The minimum Gasteiger partial charge on any atom is -0.455 e. The summed E-state index contributed by atoms with van der Waals surface area (Å²) in [4.78, 5) is 23.8. The third-order valence-electron chi connectivity index (χ3n) is 2.75. The molecule has 2 rings (SSSR count). The molecule has 0 saturated carbocycles. The van der Waals surface area contributed by atoms with E-state index < -0.39 is 30.6 Å². The lowest BCUT2D eigenvalue weighted by molar-refractivity contribution is -0.187. The van der Waals surface area contributed by atoms with Gasteiger partial charge in [0.2, 0.25) is 0 Å². The maximum Gasteiger partial charge on any atom is 0.422 e. The number of ether oxygens (including phenoxy) is 1. The summed E-state index contributed by atoms with van der Waals surface area (Å²) in [5.41, 5.74) is 0.518. The average molecular weight is 300 g/mol. The third-order valence-corrected chi connectivity index (χ3v) is 2.75. The molecule has 112 valence electrons. The number of benzene rings is 1. The molecule has 0 spiro atoms. The van der Waals surface area contributed by atoms with Crippen LogP contribution < -0.4 is 5.01 Å². The van der Waals surface area contributed by atoms with E-state index in [4.69, 9.17) is 0 Å². The Kier molecular flexibility index (Phi) is 3.97. The predicted molar refractivity (Wildman–Crippen MR) is 67.5 cm³/mol. The molecule has 0 saturated heterocycles. The number of nitrogens with zero attached hydrogens (tertiary/aromatic N) is 2. The van der Waals surface area contributed by atoms with Crippen LogP contribution in [-0.2, 0) is 14.3 Å². The number of carbonyl (C=O) groups is 2. The fraction of sp³-hybridized carbons (Fsp3) is 0.308. The molecule has 8 heteroatoms. The molecule has 0 N–H and O–H groups in total. The van der Waals surface area contributed by atoms with Crippen LogP contribution in [0.15, 0.2) is 35.4 Å². The Morgan fingerprint density at radius 2 is 1.95 bits per heavy atom. The Labute approximate surface area is 118 Å². The van der Waals surface area contributed by atoms with Crippen molar-refractivity contribution in [3.8, 4) is 0 Å². The molecular formula is C13H11F3N2O3. The minimum absolute atomic E-state index is 0.0935. The highest BCUT2D eigenvalue weighted by atomic mass is 19.4. The van der Waals surface area contributed by atoms with Crippen LogP contribution in [0.25, 0.3) is 0 Å². The Hall–Kier alpha value is -2.38. The van der Waals surface area contributed by atoms with Crippen molar-refractivity contribution in [3.63, 3.8) is 0 Å². The molecule has 1 atom stereocenters. The Morgan fingerprint density at radius 1 is 1.33 bits per heavy atom. The van der Waals surface area contributed by atoms with Crippen molar-refractivity contribution in [1.82, 2.24) is 0 Å². The summed E-state index contributed by atoms with van der Waals surface area (Å²) in [6, 6.07) is 8.26. The molecule has 21 heavy (non-hydrogen) atoms. The second kappa shape index (κ2) is 5.55. The zero-order valence-corrected chi connectivity index (χ0v) is 10.9. The van der Waals surface area contributed by atoms with E-state index in [1.807, 2.05) is 0 Å². The van der Waals surface area contributed by atoms with Gasteiger partial charge in [0.25, 0.3) is 5.91 Å². The molecule has 0 radical (unpaired) electrons.